The zero-order valence-electron chi connectivity index (χ0n) is 7.97. The quantitative estimate of drug-likeness (QED) is 0.437. The van der Waals surface area contributed by atoms with Gasteiger partial charge in [-0.3, -0.25) is 9.63 Å². The van der Waals surface area contributed by atoms with Gasteiger partial charge in [-0.2, -0.15) is 5.48 Å². The minimum absolute atomic E-state index is 0.0278. The third-order valence-electron chi connectivity index (χ3n) is 1.69. The molecule has 0 aromatic heterocycles. The summed E-state index contributed by atoms with van der Waals surface area (Å²) in [6.07, 6.45) is -1.13. The number of benzene rings is 1. The summed E-state index contributed by atoms with van der Waals surface area (Å²) in [6, 6.07) is 8.76. The molecule has 1 amide bonds. The Balaban J connectivity index is 2.28. The van der Waals surface area contributed by atoms with E-state index in [1.807, 2.05) is 6.07 Å². The van der Waals surface area contributed by atoms with E-state index in [2.05, 4.69) is 4.84 Å². The van der Waals surface area contributed by atoms with Gasteiger partial charge in [0.15, 0.2) is 5.78 Å². The molecule has 0 spiro atoms. The lowest BCUT2D eigenvalue weighted by molar-refractivity contribution is 0.0395. The van der Waals surface area contributed by atoms with Crippen molar-refractivity contribution >= 4 is 11.9 Å². The third kappa shape index (κ3) is 4.24. The second-order valence-corrected chi connectivity index (χ2v) is 2.79. The van der Waals surface area contributed by atoms with Crippen molar-refractivity contribution in [3.05, 3.63) is 35.9 Å². The zero-order chi connectivity index (χ0) is 11.1. The first-order valence-electron chi connectivity index (χ1n) is 4.39. The first kappa shape index (κ1) is 11.2. The molecule has 1 aromatic rings. The van der Waals surface area contributed by atoms with Crippen LogP contribution in [0.3, 0.4) is 0 Å². The SMILES string of the molecule is O=C(O)NOCCC(=O)c1ccccc1. The monoisotopic (exact) mass is 209 g/mol. The molecular weight excluding hydrogens is 198 g/mol. The van der Waals surface area contributed by atoms with Crippen molar-refractivity contribution in [1.82, 2.24) is 5.48 Å². The molecular formula is C10H11NO4. The van der Waals surface area contributed by atoms with Gasteiger partial charge in [-0.15, -0.1) is 0 Å². The number of nitrogens with one attached hydrogen (secondary N) is 1. The van der Waals surface area contributed by atoms with Crippen LogP contribution in [0.5, 0.6) is 0 Å². The van der Waals surface area contributed by atoms with Crippen molar-refractivity contribution in [2.45, 2.75) is 6.42 Å². The number of ketones is 1. The highest BCUT2D eigenvalue weighted by atomic mass is 16.7. The summed E-state index contributed by atoms with van der Waals surface area (Å²) >= 11 is 0. The predicted molar refractivity (Wildman–Crippen MR) is 52.5 cm³/mol. The van der Waals surface area contributed by atoms with E-state index >= 15 is 0 Å². The number of hydrogen-bond acceptors (Lipinski definition) is 3. The summed E-state index contributed by atoms with van der Waals surface area (Å²) in [7, 11) is 0. The molecule has 1 rings (SSSR count). The Morgan fingerprint density at radius 3 is 2.53 bits per heavy atom. The first-order valence-corrected chi connectivity index (χ1v) is 4.39. The van der Waals surface area contributed by atoms with Crippen LogP contribution in [-0.2, 0) is 4.84 Å². The molecule has 0 atom stereocenters. The Kier molecular flexibility index (Phi) is 4.30. The van der Waals surface area contributed by atoms with Crippen molar-refractivity contribution < 1.29 is 19.5 Å². The number of Topliss-reactive ketones (excluding diaryl/α,β-unsaturated/α-hetero) is 1. The molecule has 0 unspecified atom stereocenters. The molecule has 2 N–H and O–H groups in total. The fourth-order valence-corrected chi connectivity index (χ4v) is 1.02. The predicted octanol–water partition coefficient (Wildman–Crippen LogP) is 1.46. The van der Waals surface area contributed by atoms with E-state index in [1.54, 1.807) is 29.7 Å². The lowest BCUT2D eigenvalue weighted by Gasteiger charge is -2.01. The topological polar surface area (TPSA) is 75.6 Å². The summed E-state index contributed by atoms with van der Waals surface area (Å²) in [4.78, 5) is 25.9. The van der Waals surface area contributed by atoms with Crippen LogP contribution in [0, 0.1) is 0 Å². The van der Waals surface area contributed by atoms with E-state index in [0.29, 0.717) is 5.56 Å². The maximum Gasteiger partial charge on any atom is 0.428 e. The Bertz CT molecular complexity index is 337. The van der Waals surface area contributed by atoms with Crippen molar-refractivity contribution in [2.24, 2.45) is 0 Å². The molecule has 0 aliphatic carbocycles. The van der Waals surface area contributed by atoms with Crippen LogP contribution >= 0.6 is 0 Å². The summed E-state index contributed by atoms with van der Waals surface area (Å²) < 4.78 is 0. The number of amides is 1. The van der Waals surface area contributed by atoms with E-state index in [4.69, 9.17) is 5.11 Å². The largest absolute Gasteiger partial charge is 0.464 e. The van der Waals surface area contributed by atoms with Gasteiger partial charge >= 0.3 is 6.09 Å². The number of carbonyl (C=O) groups excluding carboxylic acids is 1. The van der Waals surface area contributed by atoms with Gasteiger partial charge in [0.05, 0.1) is 6.61 Å². The normalized spacial score (nSPS) is 9.60. The van der Waals surface area contributed by atoms with Gasteiger partial charge in [0.2, 0.25) is 0 Å². The van der Waals surface area contributed by atoms with E-state index in [9.17, 15) is 9.59 Å². The van der Waals surface area contributed by atoms with Crippen LogP contribution in [0.2, 0.25) is 0 Å². The minimum Gasteiger partial charge on any atom is -0.464 e. The maximum absolute atomic E-state index is 11.4. The van der Waals surface area contributed by atoms with Gasteiger partial charge in [-0.1, -0.05) is 30.3 Å². The zero-order valence-corrected chi connectivity index (χ0v) is 7.97. The second-order valence-electron chi connectivity index (χ2n) is 2.79. The number of hydrogen-bond donors (Lipinski definition) is 2. The van der Waals surface area contributed by atoms with E-state index in [0.717, 1.165) is 0 Å². The molecule has 0 aliphatic heterocycles. The fourth-order valence-electron chi connectivity index (χ4n) is 1.02. The second kappa shape index (κ2) is 5.77. The highest BCUT2D eigenvalue weighted by molar-refractivity contribution is 5.96. The van der Waals surface area contributed by atoms with Gasteiger partial charge in [0.25, 0.3) is 0 Å². The Hall–Kier alpha value is -1.88. The summed E-state index contributed by atoms with van der Waals surface area (Å²) in [5.41, 5.74) is 2.31. The Morgan fingerprint density at radius 2 is 1.93 bits per heavy atom. The van der Waals surface area contributed by atoms with E-state index in [1.165, 1.54) is 0 Å². The molecule has 0 saturated carbocycles. The molecule has 0 aliphatic rings. The Morgan fingerprint density at radius 1 is 1.27 bits per heavy atom. The average Bonchev–Trinajstić information content (AvgIpc) is 2.25. The number of carboxylic acid groups (broad SMARTS) is 1. The maximum atomic E-state index is 11.4. The molecule has 0 fully saturated rings. The lowest BCUT2D eigenvalue weighted by Crippen LogP contribution is -2.22. The Labute approximate surface area is 86.6 Å². The van der Waals surface area contributed by atoms with Gasteiger partial charge in [-0.25, -0.2) is 4.79 Å². The van der Waals surface area contributed by atoms with Crippen LogP contribution < -0.4 is 5.48 Å². The standard InChI is InChI=1S/C10H11NO4/c12-9(6-7-15-11-10(13)14)8-4-2-1-3-5-8/h1-5,11H,6-7H2,(H,13,14). The molecule has 1 aromatic carbocycles. The summed E-state index contributed by atoms with van der Waals surface area (Å²) in [5.74, 6) is -0.0808. The highest BCUT2D eigenvalue weighted by Crippen LogP contribution is 2.02. The smallest absolute Gasteiger partial charge is 0.428 e. The highest BCUT2D eigenvalue weighted by Gasteiger charge is 2.04. The average molecular weight is 209 g/mol. The molecule has 0 heterocycles. The van der Waals surface area contributed by atoms with Crippen LogP contribution in [-0.4, -0.2) is 23.6 Å². The molecule has 0 radical (unpaired) electrons. The minimum atomic E-state index is -1.28. The van der Waals surface area contributed by atoms with Crippen LogP contribution in [0.1, 0.15) is 16.8 Å². The van der Waals surface area contributed by atoms with Crippen molar-refractivity contribution in [3.8, 4) is 0 Å². The van der Waals surface area contributed by atoms with Crippen molar-refractivity contribution in [3.63, 3.8) is 0 Å². The molecule has 15 heavy (non-hydrogen) atoms. The first-order chi connectivity index (χ1) is 7.20. The molecule has 0 bridgehead atoms. The fraction of sp³-hybridized carbons (Fsp3) is 0.200. The number of hydroxylamine groups is 1. The van der Waals surface area contributed by atoms with Gasteiger partial charge < -0.3 is 5.11 Å². The van der Waals surface area contributed by atoms with Gasteiger partial charge in [0, 0.05) is 12.0 Å². The lowest BCUT2D eigenvalue weighted by atomic mass is 10.1. The van der Waals surface area contributed by atoms with E-state index in [-0.39, 0.29) is 18.8 Å². The number of carbonyl (C=O) groups is 2. The van der Waals surface area contributed by atoms with Gasteiger partial charge in [-0.05, 0) is 0 Å². The molecule has 5 nitrogen and oxygen atoms in total. The van der Waals surface area contributed by atoms with Crippen molar-refractivity contribution in [1.29, 1.82) is 0 Å². The molecule has 80 valence electrons. The van der Waals surface area contributed by atoms with Gasteiger partial charge in [0.1, 0.15) is 0 Å². The van der Waals surface area contributed by atoms with E-state index < -0.39 is 6.09 Å². The van der Waals surface area contributed by atoms with Crippen LogP contribution in [0.4, 0.5) is 4.79 Å². The van der Waals surface area contributed by atoms with Crippen LogP contribution in [0.15, 0.2) is 30.3 Å². The summed E-state index contributed by atoms with van der Waals surface area (Å²) in [6.45, 7) is 0.0278. The summed E-state index contributed by atoms with van der Waals surface area (Å²) in [5, 5.41) is 8.17. The van der Waals surface area contributed by atoms with Crippen molar-refractivity contribution in [2.75, 3.05) is 6.61 Å². The number of rotatable bonds is 5. The van der Waals surface area contributed by atoms with Crippen LogP contribution in [0.25, 0.3) is 0 Å². The molecule has 0 saturated heterocycles. The molecule has 5 heteroatoms. The third-order valence-corrected chi connectivity index (χ3v) is 1.69.